The molecule has 1 aliphatic rings. The van der Waals surface area contributed by atoms with Gasteiger partial charge in [0.1, 0.15) is 0 Å². The Morgan fingerprint density at radius 2 is 2.27 bits per heavy atom. The minimum atomic E-state index is -0.0775. The molecule has 0 aromatic rings. The fourth-order valence-corrected chi connectivity index (χ4v) is 2.10. The summed E-state index contributed by atoms with van der Waals surface area (Å²) in [4.78, 5) is 11.7. The Labute approximate surface area is 92.1 Å². The lowest BCUT2D eigenvalue weighted by Gasteiger charge is -2.28. The molecule has 3 heteroatoms. The van der Waals surface area contributed by atoms with Crippen LogP contribution in [0.5, 0.6) is 0 Å². The largest absolute Gasteiger partial charge is 0.466 e. The molecule has 1 fully saturated rings. The maximum Gasteiger partial charge on any atom is 0.311 e. The molecule has 0 radical (unpaired) electrons. The molecule has 0 spiro atoms. The van der Waals surface area contributed by atoms with Crippen LogP contribution in [0, 0.1) is 5.92 Å². The summed E-state index contributed by atoms with van der Waals surface area (Å²) in [5, 5.41) is 0. The average Bonchev–Trinajstić information content (AvgIpc) is 2.27. The van der Waals surface area contributed by atoms with E-state index in [0.717, 1.165) is 32.3 Å². The Hall–Kier alpha value is -0.570. The van der Waals surface area contributed by atoms with Gasteiger partial charge in [-0.2, -0.15) is 0 Å². The topological polar surface area (TPSA) is 35.5 Å². The third-order valence-corrected chi connectivity index (χ3v) is 2.85. The molecule has 1 aliphatic heterocycles. The van der Waals surface area contributed by atoms with Crippen molar-refractivity contribution < 1.29 is 14.3 Å². The molecule has 0 aromatic carbocycles. The van der Waals surface area contributed by atoms with Gasteiger partial charge in [0.05, 0.1) is 18.6 Å². The van der Waals surface area contributed by atoms with Crippen molar-refractivity contribution in [3.63, 3.8) is 0 Å². The minimum Gasteiger partial charge on any atom is -0.466 e. The molecule has 0 aromatic heterocycles. The normalized spacial score (nSPS) is 23.5. The van der Waals surface area contributed by atoms with Gasteiger partial charge in [0.25, 0.3) is 0 Å². The van der Waals surface area contributed by atoms with Crippen molar-refractivity contribution in [2.75, 3.05) is 13.2 Å². The lowest BCUT2D eigenvalue weighted by molar-refractivity contribution is -0.155. The van der Waals surface area contributed by atoms with Gasteiger partial charge >= 0.3 is 5.97 Å². The van der Waals surface area contributed by atoms with E-state index in [4.69, 9.17) is 9.47 Å². The minimum absolute atomic E-state index is 0.0461. The van der Waals surface area contributed by atoms with Gasteiger partial charge in [-0.05, 0) is 32.6 Å². The van der Waals surface area contributed by atoms with Gasteiger partial charge < -0.3 is 9.47 Å². The van der Waals surface area contributed by atoms with Gasteiger partial charge in [-0.3, -0.25) is 4.79 Å². The van der Waals surface area contributed by atoms with Gasteiger partial charge in [0.2, 0.25) is 0 Å². The maximum absolute atomic E-state index is 11.7. The molecule has 1 saturated heterocycles. The molecule has 2 atom stereocenters. The summed E-state index contributed by atoms with van der Waals surface area (Å²) in [5.41, 5.74) is 0. The van der Waals surface area contributed by atoms with Crippen molar-refractivity contribution in [2.24, 2.45) is 5.92 Å². The summed E-state index contributed by atoms with van der Waals surface area (Å²) >= 11 is 0. The number of carbonyl (C=O) groups is 1. The fourth-order valence-electron chi connectivity index (χ4n) is 2.10. The predicted octanol–water partition coefficient (Wildman–Crippen LogP) is 2.53. The van der Waals surface area contributed by atoms with Crippen molar-refractivity contribution in [1.29, 1.82) is 0 Å². The highest BCUT2D eigenvalue weighted by molar-refractivity contribution is 5.73. The number of esters is 1. The zero-order valence-electron chi connectivity index (χ0n) is 9.83. The predicted molar refractivity (Wildman–Crippen MR) is 58.6 cm³/mol. The molecule has 15 heavy (non-hydrogen) atoms. The number of carbonyl (C=O) groups excluding carboxylic acids is 1. The van der Waals surface area contributed by atoms with E-state index in [2.05, 4.69) is 6.92 Å². The van der Waals surface area contributed by atoms with Gasteiger partial charge in [-0.1, -0.05) is 13.3 Å². The van der Waals surface area contributed by atoms with Gasteiger partial charge in [-0.15, -0.1) is 0 Å². The van der Waals surface area contributed by atoms with E-state index in [-0.39, 0.29) is 18.0 Å². The van der Waals surface area contributed by atoms with Crippen LogP contribution in [-0.2, 0) is 14.3 Å². The highest BCUT2D eigenvalue weighted by Crippen LogP contribution is 2.24. The third kappa shape index (κ3) is 3.82. The molecule has 0 saturated carbocycles. The van der Waals surface area contributed by atoms with Gasteiger partial charge in [0, 0.05) is 6.61 Å². The van der Waals surface area contributed by atoms with E-state index >= 15 is 0 Å². The summed E-state index contributed by atoms with van der Waals surface area (Å²) in [6, 6.07) is 0. The number of ether oxygens (including phenoxy) is 2. The first kappa shape index (κ1) is 12.5. The molecule has 0 bridgehead atoms. The van der Waals surface area contributed by atoms with Crippen LogP contribution in [0.1, 0.15) is 46.0 Å². The van der Waals surface area contributed by atoms with Crippen LogP contribution < -0.4 is 0 Å². The van der Waals surface area contributed by atoms with E-state index in [1.807, 2.05) is 6.92 Å². The molecule has 3 nitrogen and oxygen atoms in total. The number of rotatable bonds is 5. The van der Waals surface area contributed by atoms with Crippen LogP contribution in [0.3, 0.4) is 0 Å². The Kier molecular flexibility index (Phi) is 5.69. The summed E-state index contributed by atoms with van der Waals surface area (Å²) < 4.78 is 10.8. The summed E-state index contributed by atoms with van der Waals surface area (Å²) in [6.07, 6.45) is 5.27. The highest BCUT2D eigenvalue weighted by Gasteiger charge is 2.30. The first-order chi connectivity index (χ1) is 7.29. The zero-order chi connectivity index (χ0) is 11.1. The molecule has 0 aliphatic carbocycles. The Bertz CT molecular complexity index is 185. The smallest absolute Gasteiger partial charge is 0.311 e. The molecular formula is C12H22O3. The Balaban J connectivity index is 2.50. The van der Waals surface area contributed by atoms with Crippen LogP contribution in [0.4, 0.5) is 0 Å². The van der Waals surface area contributed by atoms with Crippen LogP contribution in [0.15, 0.2) is 0 Å². The van der Waals surface area contributed by atoms with Crippen molar-refractivity contribution in [2.45, 2.75) is 52.1 Å². The maximum atomic E-state index is 11.7. The highest BCUT2D eigenvalue weighted by atomic mass is 16.5. The van der Waals surface area contributed by atoms with Crippen LogP contribution in [-0.4, -0.2) is 25.3 Å². The molecule has 0 N–H and O–H groups in total. The monoisotopic (exact) mass is 214 g/mol. The number of hydrogen-bond acceptors (Lipinski definition) is 3. The summed E-state index contributed by atoms with van der Waals surface area (Å²) in [5.74, 6) is -0.124. The van der Waals surface area contributed by atoms with E-state index in [1.165, 1.54) is 6.42 Å². The van der Waals surface area contributed by atoms with Crippen LogP contribution >= 0.6 is 0 Å². The standard InChI is InChI=1S/C12H22O3/c1-3-7-10(12(13)14-4-2)11-8-5-6-9-15-11/h10-11H,3-9H2,1-2H3. The molecule has 88 valence electrons. The lowest BCUT2D eigenvalue weighted by Crippen LogP contribution is -2.34. The molecule has 1 heterocycles. The number of hydrogen-bond donors (Lipinski definition) is 0. The van der Waals surface area contributed by atoms with Crippen LogP contribution in [0.25, 0.3) is 0 Å². The van der Waals surface area contributed by atoms with Crippen LogP contribution in [0.2, 0.25) is 0 Å². The first-order valence-corrected chi connectivity index (χ1v) is 6.07. The van der Waals surface area contributed by atoms with E-state index in [9.17, 15) is 4.79 Å². The first-order valence-electron chi connectivity index (χ1n) is 6.07. The van der Waals surface area contributed by atoms with Gasteiger partial charge in [-0.25, -0.2) is 0 Å². The lowest BCUT2D eigenvalue weighted by atomic mass is 9.92. The van der Waals surface area contributed by atoms with Crippen molar-refractivity contribution in [3.8, 4) is 0 Å². The summed E-state index contributed by atoms with van der Waals surface area (Å²) in [6.45, 7) is 5.20. The molecule has 1 rings (SSSR count). The second-order valence-electron chi connectivity index (χ2n) is 4.05. The van der Waals surface area contributed by atoms with Crippen molar-refractivity contribution >= 4 is 5.97 Å². The van der Waals surface area contributed by atoms with Crippen molar-refractivity contribution in [3.05, 3.63) is 0 Å². The Morgan fingerprint density at radius 1 is 1.47 bits per heavy atom. The molecule has 0 amide bonds. The van der Waals surface area contributed by atoms with Gasteiger partial charge in [0.15, 0.2) is 0 Å². The fraction of sp³-hybridized carbons (Fsp3) is 0.917. The zero-order valence-corrected chi connectivity index (χ0v) is 9.83. The average molecular weight is 214 g/mol. The molecular weight excluding hydrogens is 192 g/mol. The second-order valence-corrected chi connectivity index (χ2v) is 4.05. The summed E-state index contributed by atoms with van der Waals surface area (Å²) in [7, 11) is 0. The van der Waals surface area contributed by atoms with E-state index in [1.54, 1.807) is 0 Å². The van der Waals surface area contributed by atoms with E-state index in [0.29, 0.717) is 6.61 Å². The quantitative estimate of drug-likeness (QED) is 0.660. The van der Waals surface area contributed by atoms with Crippen molar-refractivity contribution in [1.82, 2.24) is 0 Å². The second kappa shape index (κ2) is 6.83. The SMILES string of the molecule is CCCC(C(=O)OCC)C1CCCCO1. The van der Waals surface area contributed by atoms with E-state index < -0.39 is 0 Å². The Morgan fingerprint density at radius 3 is 2.80 bits per heavy atom. The molecule has 2 unspecified atom stereocenters. The third-order valence-electron chi connectivity index (χ3n) is 2.85.